The molecular formula is C19H22N4O. The first-order valence-electron chi connectivity index (χ1n) is 8.31. The number of nitrogens with zero attached hydrogens (tertiary/aromatic N) is 2. The highest BCUT2D eigenvalue weighted by Gasteiger charge is 2.10. The maximum Gasteiger partial charge on any atom is 0.339 e. The molecule has 0 spiro atoms. The second-order valence-corrected chi connectivity index (χ2v) is 5.83. The van der Waals surface area contributed by atoms with E-state index in [0.717, 1.165) is 24.3 Å². The smallest absolute Gasteiger partial charge is 0.339 e. The molecule has 124 valence electrons. The number of hydrogen-bond donors (Lipinski definition) is 2. The Morgan fingerprint density at radius 1 is 0.958 bits per heavy atom. The molecule has 1 aliphatic rings. The van der Waals surface area contributed by atoms with Gasteiger partial charge in [0.05, 0.1) is 6.21 Å². The molecular weight excluding hydrogens is 300 g/mol. The van der Waals surface area contributed by atoms with Gasteiger partial charge < -0.3 is 10.2 Å². The van der Waals surface area contributed by atoms with Gasteiger partial charge in [-0.2, -0.15) is 5.10 Å². The topological polar surface area (TPSA) is 56.7 Å². The Kier molecular flexibility index (Phi) is 5.45. The minimum atomic E-state index is -0.359. The van der Waals surface area contributed by atoms with Crippen LogP contribution in [-0.4, -0.2) is 25.3 Å². The van der Waals surface area contributed by atoms with Gasteiger partial charge in [0, 0.05) is 24.5 Å². The fourth-order valence-corrected chi connectivity index (χ4v) is 2.77. The third-order valence-electron chi connectivity index (χ3n) is 4.03. The number of amides is 2. The minimum absolute atomic E-state index is 0.359. The zero-order valence-corrected chi connectivity index (χ0v) is 13.6. The van der Waals surface area contributed by atoms with Gasteiger partial charge in [0.25, 0.3) is 0 Å². The van der Waals surface area contributed by atoms with Crippen molar-refractivity contribution in [3.05, 3.63) is 60.2 Å². The summed E-state index contributed by atoms with van der Waals surface area (Å²) in [6, 6.07) is 17.2. The van der Waals surface area contributed by atoms with Crippen molar-refractivity contribution in [1.29, 1.82) is 0 Å². The third-order valence-corrected chi connectivity index (χ3v) is 4.03. The van der Waals surface area contributed by atoms with E-state index in [1.54, 1.807) is 6.21 Å². The van der Waals surface area contributed by atoms with Crippen LogP contribution in [0, 0.1) is 0 Å². The van der Waals surface area contributed by atoms with E-state index in [-0.39, 0.29) is 6.03 Å². The van der Waals surface area contributed by atoms with Crippen molar-refractivity contribution in [3.8, 4) is 0 Å². The lowest BCUT2D eigenvalue weighted by molar-refractivity contribution is 0.252. The standard InChI is InChI=1S/C19H22N4O/c24-19(21-17-7-3-1-4-8-17)22-20-15-16-9-11-18(12-10-16)23-13-5-2-6-14-23/h1,3-4,7-12,15H,2,5-6,13-14H2,(H2,21,22,24)/b20-15+. The molecule has 5 nitrogen and oxygen atoms in total. The molecule has 3 rings (SSSR count). The van der Waals surface area contributed by atoms with Gasteiger partial charge in [0.15, 0.2) is 0 Å². The zero-order valence-electron chi connectivity index (χ0n) is 13.6. The fourth-order valence-electron chi connectivity index (χ4n) is 2.77. The number of hydrazone groups is 1. The van der Waals surface area contributed by atoms with Crippen molar-refractivity contribution in [3.63, 3.8) is 0 Å². The summed E-state index contributed by atoms with van der Waals surface area (Å²) in [6.07, 6.45) is 5.51. The van der Waals surface area contributed by atoms with Crippen LogP contribution in [0.5, 0.6) is 0 Å². The summed E-state index contributed by atoms with van der Waals surface area (Å²) in [5.74, 6) is 0. The first-order chi connectivity index (χ1) is 11.8. The zero-order chi connectivity index (χ0) is 16.6. The summed E-state index contributed by atoms with van der Waals surface area (Å²) in [6.45, 7) is 2.27. The molecule has 0 unspecified atom stereocenters. The molecule has 0 bridgehead atoms. The first kappa shape index (κ1) is 16.1. The molecule has 2 amide bonds. The molecule has 5 heteroatoms. The van der Waals surface area contributed by atoms with E-state index < -0.39 is 0 Å². The van der Waals surface area contributed by atoms with Crippen LogP contribution in [0.4, 0.5) is 16.2 Å². The van der Waals surface area contributed by atoms with Crippen LogP contribution in [0.15, 0.2) is 59.7 Å². The number of urea groups is 1. The number of piperidine rings is 1. The molecule has 0 saturated carbocycles. The normalized spacial score (nSPS) is 14.6. The molecule has 1 saturated heterocycles. The number of para-hydroxylation sites is 1. The predicted octanol–water partition coefficient (Wildman–Crippen LogP) is 3.83. The van der Waals surface area contributed by atoms with E-state index in [1.165, 1.54) is 24.9 Å². The van der Waals surface area contributed by atoms with Crippen LogP contribution < -0.4 is 15.6 Å². The highest BCUT2D eigenvalue weighted by atomic mass is 16.2. The number of rotatable bonds is 4. The molecule has 24 heavy (non-hydrogen) atoms. The largest absolute Gasteiger partial charge is 0.372 e. The SMILES string of the molecule is O=C(N/N=C/c1ccc(N2CCCCC2)cc1)Nc1ccccc1. The Bertz CT molecular complexity index is 676. The van der Waals surface area contributed by atoms with E-state index >= 15 is 0 Å². The van der Waals surface area contributed by atoms with Crippen molar-refractivity contribution < 1.29 is 4.79 Å². The van der Waals surface area contributed by atoms with Crippen molar-refractivity contribution in [2.75, 3.05) is 23.3 Å². The fraction of sp³-hybridized carbons (Fsp3) is 0.263. The Morgan fingerprint density at radius 3 is 2.38 bits per heavy atom. The lowest BCUT2D eigenvalue weighted by Gasteiger charge is -2.28. The van der Waals surface area contributed by atoms with E-state index in [4.69, 9.17) is 0 Å². The molecule has 0 aliphatic carbocycles. The Morgan fingerprint density at radius 2 is 1.67 bits per heavy atom. The first-order valence-corrected chi connectivity index (χ1v) is 8.31. The molecule has 0 aromatic heterocycles. The molecule has 2 N–H and O–H groups in total. The van der Waals surface area contributed by atoms with Gasteiger partial charge in [-0.15, -0.1) is 0 Å². The second kappa shape index (κ2) is 8.15. The summed E-state index contributed by atoms with van der Waals surface area (Å²) in [4.78, 5) is 14.1. The van der Waals surface area contributed by atoms with Crippen molar-refractivity contribution in [1.82, 2.24) is 5.43 Å². The number of carbonyl (C=O) groups excluding carboxylic acids is 1. The lowest BCUT2D eigenvalue weighted by atomic mass is 10.1. The Balaban J connectivity index is 1.50. The number of nitrogens with one attached hydrogen (secondary N) is 2. The molecule has 2 aromatic carbocycles. The Labute approximate surface area is 142 Å². The van der Waals surface area contributed by atoms with Crippen LogP contribution in [0.25, 0.3) is 0 Å². The summed E-state index contributed by atoms with van der Waals surface area (Å²) in [5.41, 5.74) is 5.41. The minimum Gasteiger partial charge on any atom is -0.372 e. The summed E-state index contributed by atoms with van der Waals surface area (Å²) >= 11 is 0. The van der Waals surface area contributed by atoms with Crippen molar-refractivity contribution >= 4 is 23.6 Å². The van der Waals surface area contributed by atoms with Crippen LogP contribution in [0.1, 0.15) is 24.8 Å². The van der Waals surface area contributed by atoms with E-state index in [9.17, 15) is 4.79 Å². The summed E-state index contributed by atoms with van der Waals surface area (Å²) < 4.78 is 0. The maximum absolute atomic E-state index is 11.7. The summed E-state index contributed by atoms with van der Waals surface area (Å²) in [5, 5.41) is 6.69. The van der Waals surface area contributed by atoms with E-state index in [1.807, 2.05) is 42.5 Å². The maximum atomic E-state index is 11.7. The van der Waals surface area contributed by atoms with Crippen molar-refractivity contribution in [2.45, 2.75) is 19.3 Å². The molecule has 1 fully saturated rings. The number of carbonyl (C=O) groups is 1. The highest BCUT2D eigenvalue weighted by Crippen LogP contribution is 2.19. The molecule has 0 radical (unpaired) electrons. The van der Waals surface area contributed by atoms with Gasteiger partial charge in [0.1, 0.15) is 0 Å². The van der Waals surface area contributed by atoms with E-state index in [0.29, 0.717) is 0 Å². The predicted molar refractivity (Wildman–Crippen MR) is 98.7 cm³/mol. The quantitative estimate of drug-likeness (QED) is 0.664. The van der Waals surface area contributed by atoms with Crippen LogP contribution >= 0.6 is 0 Å². The van der Waals surface area contributed by atoms with E-state index in [2.05, 4.69) is 32.9 Å². The third kappa shape index (κ3) is 4.59. The Hall–Kier alpha value is -2.82. The van der Waals surface area contributed by atoms with Crippen LogP contribution in [0.2, 0.25) is 0 Å². The van der Waals surface area contributed by atoms with Crippen LogP contribution in [-0.2, 0) is 0 Å². The second-order valence-electron chi connectivity index (χ2n) is 5.83. The van der Waals surface area contributed by atoms with Gasteiger partial charge >= 0.3 is 6.03 Å². The molecule has 2 aromatic rings. The molecule has 1 heterocycles. The van der Waals surface area contributed by atoms with Gasteiger partial charge in [-0.1, -0.05) is 30.3 Å². The number of hydrogen-bond acceptors (Lipinski definition) is 3. The highest BCUT2D eigenvalue weighted by molar-refractivity contribution is 5.90. The number of anilines is 2. The van der Waals surface area contributed by atoms with Gasteiger partial charge in [-0.05, 0) is 49.1 Å². The lowest BCUT2D eigenvalue weighted by Crippen LogP contribution is -2.29. The van der Waals surface area contributed by atoms with Gasteiger partial charge in [-0.25, -0.2) is 10.2 Å². The molecule has 0 atom stereocenters. The monoisotopic (exact) mass is 322 g/mol. The number of benzene rings is 2. The van der Waals surface area contributed by atoms with Crippen LogP contribution in [0.3, 0.4) is 0 Å². The molecule has 1 aliphatic heterocycles. The average Bonchev–Trinajstić information content (AvgIpc) is 2.64. The van der Waals surface area contributed by atoms with Gasteiger partial charge in [0.2, 0.25) is 0 Å². The van der Waals surface area contributed by atoms with Crippen molar-refractivity contribution in [2.24, 2.45) is 5.10 Å². The summed E-state index contributed by atoms with van der Waals surface area (Å²) in [7, 11) is 0. The average molecular weight is 322 g/mol. The van der Waals surface area contributed by atoms with Gasteiger partial charge in [-0.3, -0.25) is 0 Å².